The lowest BCUT2D eigenvalue weighted by Gasteiger charge is -2.30. The maximum absolute atomic E-state index is 5.94. The molecule has 1 fully saturated rings. The van der Waals surface area contributed by atoms with E-state index in [0.29, 0.717) is 18.1 Å². The van der Waals surface area contributed by atoms with Gasteiger partial charge in [0.25, 0.3) is 0 Å². The summed E-state index contributed by atoms with van der Waals surface area (Å²) in [5.74, 6) is 0. The van der Waals surface area contributed by atoms with E-state index >= 15 is 0 Å². The molecule has 3 N–H and O–H groups in total. The fourth-order valence-electron chi connectivity index (χ4n) is 2.16. The summed E-state index contributed by atoms with van der Waals surface area (Å²) in [6.45, 7) is 3.06. The van der Waals surface area contributed by atoms with E-state index in [9.17, 15) is 0 Å². The fourth-order valence-corrected chi connectivity index (χ4v) is 2.16. The molecule has 3 heteroatoms. The summed E-state index contributed by atoms with van der Waals surface area (Å²) in [6.07, 6.45) is 5.98. The summed E-state index contributed by atoms with van der Waals surface area (Å²) in [7, 11) is 1.75. The maximum atomic E-state index is 5.94. The average molecular weight is 200 g/mol. The third-order valence-electron chi connectivity index (χ3n) is 2.99. The van der Waals surface area contributed by atoms with Crippen LogP contribution in [0.25, 0.3) is 0 Å². The molecular formula is C11H24N2O. The molecule has 84 valence electrons. The molecule has 3 nitrogen and oxygen atoms in total. The number of ether oxygens (including phenoxy) is 1. The Bertz CT molecular complexity index is 152. The smallest absolute Gasteiger partial charge is 0.0476 e. The van der Waals surface area contributed by atoms with Crippen LogP contribution >= 0.6 is 0 Å². The third-order valence-corrected chi connectivity index (χ3v) is 2.99. The van der Waals surface area contributed by atoms with Crippen molar-refractivity contribution in [1.29, 1.82) is 0 Å². The number of hydrogen-bond acceptors (Lipinski definition) is 3. The van der Waals surface area contributed by atoms with Crippen LogP contribution in [0.3, 0.4) is 0 Å². The van der Waals surface area contributed by atoms with Crippen molar-refractivity contribution >= 4 is 0 Å². The van der Waals surface area contributed by atoms with Crippen LogP contribution < -0.4 is 11.1 Å². The van der Waals surface area contributed by atoms with Crippen LogP contribution in [0.15, 0.2) is 0 Å². The Balaban J connectivity index is 2.15. The van der Waals surface area contributed by atoms with E-state index in [4.69, 9.17) is 10.5 Å². The Hall–Kier alpha value is -0.120. The first-order valence-electron chi connectivity index (χ1n) is 5.73. The van der Waals surface area contributed by atoms with Crippen molar-refractivity contribution in [2.24, 2.45) is 5.73 Å². The average Bonchev–Trinajstić information content (AvgIpc) is 2.15. The molecule has 1 aliphatic rings. The molecule has 1 aliphatic carbocycles. The molecule has 0 bridgehead atoms. The second-order valence-corrected chi connectivity index (χ2v) is 4.47. The summed E-state index contributed by atoms with van der Waals surface area (Å²) >= 11 is 0. The molecule has 0 heterocycles. The zero-order chi connectivity index (χ0) is 10.4. The van der Waals surface area contributed by atoms with Crippen LogP contribution in [-0.2, 0) is 4.74 Å². The quantitative estimate of drug-likeness (QED) is 0.702. The van der Waals surface area contributed by atoms with Crippen molar-refractivity contribution in [3.63, 3.8) is 0 Å². The number of nitrogens with one attached hydrogen (secondary N) is 1. The van der Waals surface area contributed by atoms with Gasteiger partial charge in [0.1, 0.15) is 0 Å². The van der Waals surface area contributed by atoms with E-state index in [2.05, 4.69) is 12.2 Å². The molecule has 0 aromatic rings. The van der Waals surface area contributed by atoms with Crippen molar-refractivity contribution < 1.29 is 4.74 Å². The van der Waals surface area contributed by atoms with E-state index in [-0.39, 0.29) is 0 Å². The minimum absolute atomic E-state index is 0.413. The molecular weight excluding hydrogens is 176 g/mol. The number of nitrogens with two attached hydrogens (primary N) is 1. The number of hydrogen-bond donors (Lipinski definition) is 2. The lowest BCUT2D eigenvalue weighted by molar-refractivity contribution is 0.179. The predicted molar refractivity (Wildman–Crippen MR) is 59.3 cm³/mol. The van der Waals surface area contributed by atoms with Gasteiger partial charge in [0, 0.05) is 31.8 Å². The Morgan fingerprint density at radius 2 is 2.29 bits per heavy atom. The minimum Gasteiger partial charge on any atom is -0.385 e. The van der Waals surface area contributed by atoms with Crippen LogP contribution in [0.1, 0.15) is 39.0 Å². The molecule has 0 amide bonds. The van der Waals surface area contributed by atoms with Crippen LogP contribution in [0.4, 0.5) is 0 Å². The SMILES string of the molecule is COCCC(C)NC1CCCC(N)C1. The van der Waals surface area contributed by atoms with Gasteiger partial charge in [-0.15, -0.1) is 0 Å². The van der Waals surface area contributed by atoms with E-state index in [1.165, 1.54) is 19.3 Å². The molecule has 0 aliphatic heterocycles. The molecule has 1 saturated carbocycles. The first kappa shape index (κ1) is 12.0. The van der Waals surface area contributed by atoms with Gasteiger partial charge < -0.3 is 15.8 Å². The predicted octanol–water partition coefficient (Wildman–Crippen LogP) is 1.27. The largest absolute Gasteiger partial charge is 0.385 e. The highest BCUT2D eigenvalue weighted by molar-refractivity contribution is 4.81. The van der Waals surface area contributed by atoms with Crippen LogP contribution in [-0.4, -0.2) is 31.8 Å². The molecule has 0 saturated heterocycles. The van der Waals surface area contributed by atoms with Gasteiger partial charge in [-0.3, -0.25) is 0 Å². The van der Waals surface area contributed by atoms with Crippen molar-refractivity contribution in [2.75, 3.05) is 13.7 Å². The van der Waals surface area contributed by atoms with Crippen LogP contribution in [0, 0.1) is 0 Å². The number of methoxy groups -OCH3 is 1. The summed E-state index contributed by atoms with van der Waals surface area (Å²) in [4.78, 5) is 0. The zero-order valence-electron chi connectivity index (χ0n) is 9.46. The van der Waals surface area contributed by atoms with Gasteiger partial charge in [0.15, 0.2) is 0 Å². The van der Waals surface area contributed by atoms with E-state index in [1.54, 1.807) is 7.11 Å². The standard InChI is InChI=1S/C11H24N2O/c1-9(6-7-14-2)13-11-5-3-4-10(12)8-11/h9-11,13H,3-8,12H2,1-2H3. The second-order valence-electron chi connectivity index (χ2n) is 4.47. The maximum Gasteiger partial charge on any atom is 0.0476 e. The van der Waals surface area contributed by atoms with Gasteiger partial charge in [0.2, 0.25) is 0 Å². The third kappa shape index (κ3) is 4.40. The summed E-state index contributed by atoms with van der Waals surface area (Å²) in [5.41, 5.74) is 5.94. The van der Waals surface area contributed by atoms with Crippen molar-refractivity contribution in [3.8, 4) is 0 Å². The fraction of sp³-hybridized carbons (Fsp3) is 1.00. The Morgan fingerprint density at radius 1 is 1.50 bits per heavy atom. The summed E-state index contributed by atoms with van der Waals surface area (Å²) < 4.78 is 5.06. The molecule has 0 radical (unpaired) electrons. The van der Waals surface area contributed by atoms with Crippen molar-refractivity contribution in [3.05, 3.63) is 0 Å². The second kappa shape index (κ2) is 6.38. The summed E-state index contributed by atoms with van der Waals surface area (Å²) in [6, 6.07) is 1.59. The van der Waals surface area contributed by atoms with Gasteiger partial charge in [-0.25, -0.2) is 0 Å². The van der Waals surface area contributed by atoms with Crippen LogP contribution in [0.2, 0.25) is 0 Å². The van der Waals surface area contributed by atoms with E-state index in [1.807, 2.05) is 0 Å². The molecule has 3 atom stereocenters. The Morgan fingerprint density at radius 3 is 2.93 bits per heavy atom. The zero-order valence-corrected chi connectivity index (χ0v) is 9.46. The Kier molecular flexibility index (Phi) is 5.45. The molecule has 14 heavy (non-hydrogen) atoms. The summed E-state index contributed by atoms with van der Waals surface area (Å²) in [5, 5.41) is 3.62. The van der Waals surface area contributed by atoms with Gasteiger partial charge in [0.05, 0.1) is 0 Å². The highest BCUT2D eigenvalue weighted by atomic mass is 16.5. The van der Waals surface area contributed by atoms with Crippen molar-refractivity contribution in [1.82, 2.24) is 5.32 Å². The van der Waals surface area contributed by atoms with Gasteiger partial charge >= 0.3 is 0 Å². The number of rotatable bonds is 5. The molecule has 3 unspecified atom stereocenters. The first-order valence-corrected chi connectivity index (χ1v) is 5.73. The monoisotopic (exact) mass is 200 g/mol. The van der Waals surface area contributed by atoms with E-state index < -0.39 is 0 Å². The van der Waals surface area contributed by atoms with Crippen LogP contribution in [0.5, 0.6) is 0 Å². The van der Waals surface area contributed by atoms with Gasteiger partial charge in [-0.05, 0) is 32.6 Å². The lowest BCUT2D eigenvalue weighted by atomic mass is 9.91. The Labute approximate surface area is 87.4 Å². The van der Waals surface area contributed by atoms with Crippen molar-refractivity contribution in [2.45, 2.75) is 57.2 Å². The molecule has 0 spiro atoms. The molecule has 0 aromatic heterocycles. The highest BCUT2D eigenvalue weighted by Gasteiger charge is 2.19. The van der Waals surface area contributed by atoms with Gasteiger partial charge in [-0.2, -0.15) is 0 Å². The highest BCUT2D eigenvalue weighted by Crippen LogP contribution is 2.17. The van der Waals surface area contributed by atoms with Gasteiger partial charge in [-0.1, -0.05) is 6.42 Å². The normalized spacial score (nSPS) is 30.2. The van der Waals surface area contributed by atoms with E-state index in [0.717, 1.165) is 19.4 Å². The molecule has 0 aromatic carbocycles. The minimum atomic E-state index is 0.413. The first-order chi connectivity index (χ1) is 6.72. The topological polar surface area (TPSA) is 47.3 Å². The molecule has 1 rings (SSSR count). The lowest BCUT2D eigenvalue weighted by Crippen LogP contribution is -2.43.